The number of pyridine rings is 1. The zero-order valence-corrected chi connectivity index (χ0v) is 14.7. The van der Waals surface area contributed by atoms with Crippen LogP contribution in [0.4, 0.5) is 5.69 Å². The van der Waals surface area contributed by atoms with E-state index in [2.05, 4.69) is 15.6 Å². The van der Waals surface area contributed by atoms with E-state index < -0.39 is 0 Å². The number of nitrogens with zero attached hydrogens (tertiary/aromatic N) is 1. The molecule has 2 rings (SSSR count). The van der Waals surface area contributed by atoms with Crippen LogP contribution in [0.25, 0.3) is 0 Å². The molecule has 2 aromatic rings. The first-order valence-corrected chi connectivity index (χ1v) is 8.28. The number of aromatic nitrogens is 1. The number of hydrogen-bond acceptors (Lipinski definition) is 4. The van der Waals surface area contributed by atoms with Crippen LogP contribution < -0.4 is 15.4 Å². The molecular weight excluding hydrogens is 318 g/mol. The van der Waals surface area contributed by atoms with E-state index in [1.54, 1.807) is 18.2 Å². The molecule has 2 amide bonds. The molecule has 0 fully saturated rings. The fourth-order valence-corrected chi connectivity index (χ4v) is 2.13. The molecule has 0 unspecified atom stereocenters. The molecule has 0 aliphatic carbocycles. The minimum atomic E-state index is -0.326. The summed E-state index contributed by atoms with van der Waals surface area (Å²) < 4.78 is 5.50. The van der Waals surface area contributed by atoms with Crippen LogP contribution >= 0.6 is 0 Å². The standard InChI is InChI=1S/C19H23N3O3/c1-4-25-17-8-6-5-7-15(17)22-18(23)14-9-10-20-16(11-14)19(24)21-12-13(2)3/h5-11,13H,4,12H2,1-3H3,(H,21,24)(H,22,23). The maximum absolute atomic E-state index is 12.5. The summed E-state index contributed by atoms with van der Waals surface area (Å²) in [6, 6.07) is 10.3. The van der Waals surface area contributed by atoms with Gasteiger partial charge < -0.3 is 15.4 Å². The van der Waals surface area contributed by atoms with Crippen LogP contribution in [0, 0.1) is 5.92 Å². The highest BCUT2D eigenvalue weighted by atomic mass is 16.5. The number of para-hydroxylation sites is 2. The van der Waals surface area contributed by atoms with E-state index in [0.717, 1.165) is 0 Å². The highest BCUT2D eigenvalue weighted by Gasteiger charge is 2.13. The quantitative estimate of drug-likeness (QED) is 0.811. The molecule has 0 aliphatic heterocycles. The first-order valence-electron chi connectivity index (χ1n) is 8.28. The number of amides is 2. The smallest absolute Gasteiger partial charge is 0.269 e. The summed E-state index contributed by atoms with van der Waals surface area (Å²) in [6.45, 7) is 6.95. The molecule has 0 radical (unpaired) electrons. The zero-order valence-electron chi connectivity index (χ0n) is 14.7. The van der Waals surface area contributed by atoms with Gasteiger partial charge in [-0.2, -0.15) is 0 Å². The Labute approximate surface area is 147 Å². The lowest BCUT2D eigenvalue weighted by molar-refractivity contribution is 0.0944. The minimum Gasteiger partial charge on any atom is -0.492 e. The highest BCUT2D eigenvalue weighted by Crippen LogP contribution is 2.24. The van der Waals surface area contributed by atoms with Gasteiger partial charge in [0, 0.05) is 18.3 Å². The monoisotopic (exact) mass is 341 g/mol. The summed E-state index contributed by atoms with van der Waals surface area (Å²) in [5.74, 6) is 0.318. The van der Waals surface area contributed by atoms with E-state index in [4.69, 9.17) is 4.74 Å². The van der Waals surface area contributed by atoms with Crippen LogP contribution in [0.3, 0.4) is 0 Å². The van der Waals surface area contributed by atoms with Crippen molar-refractivity contribution < 1.29 is 14.3 Å². The molecule has 0 saturated carbocycles. The Morgan fingerprint density at radius 1 is 1.16 bits per heavy atom. The predicted octanol–water partition coefficient (Wildman–Crippen LogP) is 3.12. The molecular formula is C19H23N3O3. The van der Waals surface area contributed by atoms with E-state index in [1.165, 1.54) is 12.3 Å². The summed E-state index contributed by atoms with van der Waals surface area (Å²) >= 11 is 0. The fraction of sp³-hybridized carbons (Fsp3) is 0.316. The molecule has 1 aromatic heterocycles. The summed E-state index contributed by atoms with van der Waals surface area (Å²) in [4.78, 5) is 28.6. The lowest BCUT2D eigenvalue weighted by atomic mass is 10.2. The molecule has 1 aromatic carbocycles. The number of nitrogens with one attached hydrogen (secondary N) is 2. The second-order valence-electron chi connectivity index (χ2n) is 5.92. The van der Waals surface area contributed by atoms with E-state index in [1.807, 2.05) is 32.9 Å². The molecule has 2 N–H and O–H groups in total. The first-order chi connectivity index (χ1) is 12.0. The van der Waals surface area contributed by atoms with Crippen LogP contribution in [-0.4, -0.2) is 29.9 Å². The van der Waals surface area contributed by atoms with Crippen molar-refractivity contribution in [1.29, 1.82) is 0 Å². The molecule has 25 heavy (non-hydrogen) atoms. The average Bonchev–Trinajstić information content (AvgIpc) is 2.61. The van der Waals surface area contributed by atoms with Gasteiger partial charge in [0.05, 0.1) is 12.3 Å². The normalized spacial score (nSPS) is 10.4. The van der Waals surface area contributed by atoms with Crippen molar-refractivity contribution in [2.24, 2.45) is 5.92 Å². The maximum Gasteiger partial charge on any atom is 0.269 e. The fourth-order valence-electron chi connectivity index (χ4n) is 2.13. The second-order valence-corrected chi connectivity index (χ2v) is 5.92. The number of carbonyl (C=O) groups excluding carboxylic acids is 2. The van der Waals surface area contributed by atoms with E-state index in [-0.39, 0.29) is 17.5 Å². The largest absolute Gasteiger partial charge is 0.492 e. The maximum atomic E-state index is 12.5. The highest BCUT2D eigenvalue weighted by molar-refractivity contribution is 6.06. The first kappa shape index (κ1) is 18.4. The summed E-state index contributed by atoms with van der Waals surface area (Å²) in [5, 5.41) is 5.59. The van der Waals surface area contributed by atoms with E-state index in [9.17, 15) is 9.59 Å². The number of ether oxygens (including phenoxy) is 1. The van der Waals surface area contributed by atoms with Gasteiger partial charge in [0.15, 0.2) is 0 Å². The molecule has 0 atom stereocenters. The van der Waals surface area contributed by atoms with Gasteiger partial charge in [0.1, 0.15) is 11.4 Å². The van der Waals surface area contributed by atoms with Gasteiger partial charge >= 0.3 is 0 Å². The molecule has 6 nitrogen and oxygen atoms in total. The third-order valence-corrected chi connectivity index (χ3v) is 3.36. The second kappa shape index (κ2) is 8.82. The Balaban J connectivity index is 2.12. The molecule has 0 saturated heterocycles. The van der Waals surface area contributed by atoms with Crippen molar-refractivity contribution in [3.05, 3.63) is 53.9 Å². The molecule has 0 aliphatic rings. The topological polar surface area (TPSA) is 80.3 Å². The van der Waals surface area contributed by atoms with Crippen LogP contribution in [0.1, 0.15) is 41.6 Å². The third-order valence-electron chi connectivity index (χ3n) is 3.36. The van der Waals surface area contributed by atoms with E-state index >= 15 is 0 Å². The predicted molar refractivity (Wildman–Crippen MR) is 97.0 cm³/mol. The van der Waals surface area contributed by atoms with Crippen molar-refractivity contribution in [2.45, 2.75) is 20.8 Å². The van der Waals surface area contributed by atoms with Gasteiger partial charge in [-0.25, -0.2) is 0 Å². The molecule has 1 heterocycles. The van der Waals surface area contributed by atoms with E-state index in [0.29, 0.717) is 36.1 Å². The van der Waals surface area contributed by atoms with Crippen molar-refractivity contribution in [2.75, 3.05) is 18.5 Å². The molecule has 132 valence electrons. The summed E-state index contributed by atoms with van der Waals surface area (Å²) in [7, 11) is 0. The lowest BCUT2D eigenvalue weighted by Gasteiger charge is -2.12. The van der Waals surface area contributed by atoms with Gasteiger partial charge in [0.2, 0.25) is 0 Å². The van der Waals surface area contributed by atoms with Crippen molar-refractivity contribution in [3.8, 4) is 5.75 Å². The van der Waals surface area contributed by atoms with Gasteiger partial charge in [-0.05, 0) is 37.1 Å². The van der Waals surface area contributed by atoms with Gasteiger partial charge in [-0.15, -0.1) is 0 Å². The van der Waals surface area contributed by atoms with Crippen molar-refractivity contribution >= 4 is 17.5 Å². The third kappa shape index (κ3) is 5.31. The molecule has 6 heteroatoms. The Kier molecular flexibility index (Phi) is 6.51. The van der Waals surface area contributed by atoms with Crippen LogP contribution in [0.5, 0.6) is 5.75 Å². The van der Waals surface area contributed by atoms with Gasteiger partial charge in [-0.3, -0.25) is 14.6 Å². The lowest BCUT2D eigenvalue weighted by Crippen LogP contribution is -2.28. The summed E-state index contributed by atoms with van der Waals surface area (Å²) in [5.41, 5.74) is 1.15. The Bertz CT molecular complexity index is 744. The Hall–Kier alpha value is -2.89. The zero-order chi connectivity index (χ0) is 18.2. The van der Waals surface area contributed by atoms with Crippen LogP contribution in [-0.2, 0) is 0 Å². The number of anilines is 1. The van der Waals surface area contributed by atoms with Gasteiger partial charge in [-0.1, -0.05) is 26.0 Å². The number of hydrogen-bond donors (Lipinski definition) is 2. The van der Waals surface area contributed by atoms with Crippen LogP contribution in [0.15, 0.2) is 42.6 Å². The number of benzene rings is 1. The van der Waals surface area contributed by atoms with Crippen molar-refractivity contribution in [3.63, 3.8) is 0 Å². The number of rotatable bonds is 7. The molecule has 0 spiro atoms. The minimum absolute atomic E-state index is 0.214. The molecule has 0 bridgehead atoms. The van der Waals surface area contributed by atoms with Crippen LogP contribution in [0.2, 0.25) is 0 Å². The summed E-state index contributed by atoms with van der Waals surface area (Å²) in [6.07, 6.45) is 1.45. The number of carbonyl (C=O) groups is 2. The SMILES string of the molecule is CCOc1ccccc1NC(=O)c1ccnc(C(=O)NCC(C)C)c1. The van der Waals surface area contributed by atoms with Crippen molar-refractivity contribution in [1.82, 2.24) is 10.3 Å². The Morgan fingerprint density at radius 2 is 1.92 bits per heavy atom. The van der Waals surface area contributed by atoms with Gasteiger partial charge in [0.25, 0.3) is 11.8 Å². The Morgan fingerprint density at radius 3 is 2.64 bits per heavy atom. The average molecular weight is 341 g/mol.